The van der Waals surface area contributed by atoms with Gasteiger partial charge in [0, 0.05) is 12.2 Å². The molecule has 21 heavy (non-hydrogen) atoms. The number of aliphatic hydroxyl groups excluding tert-OH is 3. The number of thioether (sulfide) groups is 1. The number of hydrogen-bond donors (Lipinski definition) is 4. The van der Waals surface area contributed by atoms with Crippen LogP contribution in [0.1, 0.15) is 6.92 Å². The van der Waals surface area contributed by atoms with Crippen LogP contribution in [0.4, 0.5) is 0 Å². The van der Waals surface area contributed by atoms with E-state index in [2.05, 4.69) is 11.9 Å². The van der Waals surface area contributed by atoms with E-state index in [0.29, 0.717) is 0 Å². The predicted octanol–water partition coefficient (Wildman–Crippen LogP) is -1.14. The Balaban J connectivity index is 2.77. The molecular formula is C13H23NO6S. The number of carbonyl (C=O) groups excluding carboxylic acids is 1. The normalized spacial score (nSPS) is 34.2. The number of ether oxygens (including phenoxy) is 2. The highest BCUT2D eigenvalue weighted by Gasteiger charge is 2.45. The highest BCUT2D eigenvalue weighted by atomic mass is 32.2. The summed E-state index contributed by atoms with van der Waals surface area (Å²) in [6.45, 7) is 4.78. The molecule has 1 aliphatic rings. The highest BCUT2D eigenvalue weighted by Crippen LogP contribution is 2.23. The SMILES string of the molecule is C=CC(CO[C@@H]1OC(CO)[C@H](O)[C@H](O)C1NC(C)=O)SC. The van der Waals surface area contributed by atoms with Crippen molar-refractivity contribution >= 4 is 17.7 Å². The van der Waals surface area contributed by atoms with E-state index in [0.717, 1.165) is 0 Å². The van der Waals surface area contributed by atoms with Gasteiger partial charge < -0.3 is 30.1 Å². The lowest BCUT2D eigenvalue weighted by Gasteiger charge is -2.42. The topological polar surface area (TPSA) is 108 Å². The van der Waals surface area contributed by atoms with Crippen molar-refractivity contribution in [1.29, 1.82) is 0 Å². The van der Waals surface area contributed by atoms with E-state index in [1.165, 1.54) is 18.7 Å². The van der Waals surface area contributed by atoms with Crippen LogP contribution in [-0.2, 0) is 14.3 Å². The van der Waals surface area contributed by atoms with Crippen LogP contribution in [0.25, 0.3) is 0 Å². The minimum atomic E-state index is -1.30. The summed E-state index contributed by atoms with van der Waals surface area (Å²) in [5, 5.41) is 31.6. The lowest BCUT2D eigenvalue weighted by molar-refractivity contribution is -0.269. The van der Waals surface area contributed by atoms with Crippen molar-refractivity contribution in [3.63, 3.8) is 0 Å². The summed E-state index contributed by atoms with van der Waals surface area (Å²) in [4.78, 5) is 11.2. The molecule has 1 amide bonds. The van der Waals surface area contributed by atoms with Gasteiger partial charge in [-0.15, -0.1) is 6.58 Å². The Labute approximate surface area is 128 Å². The summed E-state index contributed by atoms with van der Waals surface area (Å²) in [6.07, 6.45) is -0.901. The first-order chi connectivity index (χ1) is 9.94. The van der Waals surface area contributed by atoms with Crippen LogP contribution < -0.4 is 5.32 Å². The van der Waals surface area contributed by atoms with Gasteiger partial charge in [0.25, 0.3) is 0 Å². The highest BCUT2D eigenvalue weighted by molar-refractivity contribution is 7.99. The van der Waals surface area contributed by atoms with E-state index < -0.39 is 37.3 Å². The zero-order chi connectivity index (χ0) is 16.0. The van der Waals surface area contributed by atoms with Gasteiger partial charge >= 0.3 is 0 Å². The maximum absolute atomic E-state index is 11.2. The molecule has 0 radical (unpaired) electrons. The monoisotopic (exact) mass is 321 g/mol. The Morgan fingerprint density at radius 3 is 2.67 bits per heavy atom. The summed E-state index contributed by atoms with van der Waals surface area (Å²) in [7, 11) is 0. The van der Waals surface area contributed by atoms with Gasteiger partial charge in [0.1, 0.15) is 24.4 Å². The van der Waals surface area contributed by atoms with Crippen LogP contribution in [0.15, 0.2) is 12.7 Å². The van der Waals surface area contributed by atoms with Crippen LogP contribution in [-0.4, -0.2) is 76.6 Å². The second-order valence-corrected chi connectivity index (χ2v) is 5.85. The number of carbonyl (C=O) groups is 1. The predicted molar refractivity (Wildman–Crippen MR) is 78.8 cm³/mol. The summed E-state index contributed by atoms with van der Waals surface area (Å²) in [5.41, 5.74) is 0. The van der Waals surface area contributed by atoms with Crippen LogP contribution in [0.3, 0.4) is 0 Å². The summed E-state index contributed by atoms with van der Waals surface area (Å²) < 4.78 is 11.0. The zero-order valence-corrected chi connectivity index (χ0v) is 13.0. The van der Waals surface area contributed by atoms with Crippen molar-refractivity contribution in [3.05, 3.63) is 12.7 Å². The maximum atomic E-state index is 11.2. The summed E-state index contributed by atoms with van der Waals surface area (Å²) in [6, 6.07) is -0.910. The molecule has 0 aliphatic carbocycles. The fourth-order valence-corrected chi connectivity index (χ4v) is 2.44. The van der Waals surface area contributed by atoms with Gasteiger partial charge in [-0.3, -0.25) is 4.79 Å². The molecular weight excluding hydrogens is 298 g/mol. The molecule has 7 nitrogen and oxygen atoms in total. The minimum absolute atomic E-state index is 0.0307. The van der Waals surface area contributed by atoms with E-state index in [1.807, 2.05) is 6.26 Å². The third-order valence-electron chi connectivity index (χ3n) is 3.24. The quantitative estimate of drug-likeness (QED) is 0.439. The van der Waals surface area contributed by atoms with Crippen molar-refractivity contribution in [2.45, 2.75) is 42.8 Å². The Morgan fingerprint density at radius 2 is 2.19 bits per heavy atom. The second kappa shape index (κ2) is 8.72. The standard InChI is InChI=1S/C13H23NO6S/c1-4-8(21-3)6-19-13-10(14-7(2)16)12(18)11(17)9(5-15)20-13/h4,8-13,15,17-18H,1,5-6H2,2-3H3,(H,14,16)/t8?,9?,10?,11-,12+,13+/m0/s1. The molecule has 0 saturated carbocycles. The first-order valence-electron chi connectivity index (χ1n) is 6.61. The number of aliphatic hydroxyl groups is 3. The Bertz CT molecular complexity index is 356. The molecule has 0 bridgehead atoms. The van der Waals surface area contributed by atoms with Crippen molar-refractivity contribution in [1.82, 2.24) is 5.32 Å². The molecule has 0 aromatic rings. The average Bonchev–Trinajstić information content (AvgIpc) is 2.46. The first kappa shape index (κ1) is 18.4. The smallest absolute Gasteiger partial charge is 0.217 e. The number of nitrogens with one attached hydrogen (secondary N) is 1. The van der Waals surface area contributed by atoms with Gasteiger partial charge in [0.15, 0.2) is 6.29 Å². The molecule has 0 spiro atoms. The molecule has 8 heteroatoms. The molecule has 1 rings (SSSR count). The number of amides is 1. The van der Waals surface area contributed by atoms with Crippen LogP contribution in [0.2, 0.25) is 0 Å². The van der Waals surface area contributed by atoms with Gasteiger partial charge in [-0.1, -0.05) is 6.08 Å². The van der Waals surface area contributed by atoms with Crippen LogP contribution in [0.5, 0.6) is 0 Å². The molecule has 122 valence electrons. The van der Waals surface area contributed by atoms with Gasteiger partial charge in [-0.25, -0.2) is 0 Å². The first-order valence-corrected chi connectivity index (χ1v) is 7.89. The maximum Gasteiger partial charge on any atom is 0.217 e. The average molecular weight is 321 g/mol. The van der Waals surface area contributed by atoms with E-state index in [9.17, 15) is 20.1 Å². The fraction of sp³-hybridized carbons (Fsp3) is 0.769. The van der Waals surface area contributed by atoms with Crippen molar-refractivity contribution in [2.75, 3.05) is 19.5 Å². The molecule has 1 heterocycles. The van der Waals surface area contributed by atoms with Gasteiger partial charge in [-0.05, 0) is 6.26 Å². The molecule has 4 N–H and O–H groups in total. The van der Waals surface area contributed by atoms with Crippen LogP contribution >= 0.6 is 11.8 Å². The molecule has 3 unspecified atom stereocenters. The van der Waals surface area contributed by atoms with E-state index in [1.54, 1.807) is 6.08 Å². The Kier molecular flexibility index (Phi) is 7.64. The molecule has 1 saturated heterocycles. The lowest BCUT2D eigenvalue weighted by Crippen LogP contribution is -2.64. The van der Waals surface area contributed by atoms with E-state index >= 15 is 0 Å². The number of hydrogen-bond acceptors (Lipinski definition) is 7. The van der Waals surface area contributed by atoms with Crippen molar-refractivity contribution < 1.29 is 29.6 Å². The molecule has 0 aromatic carbocycles. The Morgan fingerprint density at radius 1 is 1.52 bits per heavy atom. The summed E-state index contributed by atoms with van der Waals surface area (Å²) >= 11 is 1.53. The number of rotatable bonds is 7. The third-order valence-corrected chi connectivity index (χ3v) is 4.18. The molecule has 0 aromatic heterocycles. The molecule has 1 fully saturated rings. The molecule has 6 atom stereocenters. The largest absolute Gasteiger partial charge is 0.394 e. The van der Waals surface area contributed by atoms with Crippen LogP contribution in [0, 0.1) is 0 Å². The van der Waals surface area contributed by atoms with E-state index in [-0.39, 0.29) is 17.8 Å². The minimum Gasteiger partial charge on any atom is -0.394 e. The molecule has 1 aliphatic heterocycles. The lowest BCUT2D eigenvalue weighted by atomic mass is 9.97. The van der Waals surface area contributed by atoms with Gasteiger partial charge in [0.2, 0.25) is 5.91 Å². The van der Waals surface area contributed by atoms with Crippen molar-refractivity contribution in [2.24, 2.45) is 0 Å². The fourth-order valence-electron chi connectivity index (χ4n) is 2.03. The summed E-state index contributed by atoms with van der Waals surface area (Å²) in [5.74, 6) is -0.379. The van der Waals surface area contributed by atoms with Crippen molar-refractivity contribution in [3.8, 4) is 0 Å². The third kappa shape index (κ3) is 4.94. The van der Waals surface area contributed by atoms with E-state index in [4.69, 9.17) is 9.47 Å². The zero-order valence-electron chi connectivity index (χ0n) is 12.1. The van der Waals surface area contributed by atoms with Gasteiger partial charge in [-0.2, -0.15) is 11.8 Å². The van der Waals surface area contributed by atoms with Gasteiger partial charge in [0.05, 0.1) is 13.2 Å². The Hall–Kier alpha value is -0.640. The second-order valence-electron chi connectivity index (χ2n) is 4.78.